The summed E-state index contributed by atoms with van der Waals surface area (Å²) >= 11 is 0. The Kier molecular flexibility index (Phi) is 5.63. The van der Waals surface area contributed by atoms with Gasteiger partial charge in [-0.15, -0.1) is 0 Å². The zero-order valence-corrected chi connectivity index (χ0v) is 11.9. The van der Waals surface area contributed by atoms with Crippen LogP contribution in [-0.2, 0) is 11.3 Å². The molecule has 0 saturated carbocycles. The summed E-state index contributed by atoms with van der Waals surface area (Å²) in [4.78, 5) is 2.45. The average Bonchev–Trinajstić information content (AvgIpc) is 2.47. The molecule has 0 bridgehead atoms. The number of hydrogen-bond acceptors (Lipinski definition) is 4. The van der Waals surface area contributed by atoms with Gasteiger partial charge in [0.05, 0.1) is 20.3 Å². The van der Waals surface area contributed by atoms with E-state index < -0.39 is 0 Å². The highest BCUT2D eigenvalue weighted by Crippen LogP contribution is 2.11. The monoisotopic (exact) mass is 264 g/mol. The second-order valence-electron chi connectivity index (χ2n) is 5.04. The van der Waals surface area contributed by atoms with Gasteiger partial charge >= 0.3 is 0 Å². The molecule has 0 amide bonds. The summed E-state index contributed by atoms with van der Waals surface area (Å²) in [6.07, 6.45) is 0. The first kappa shape index (κ1) is 14.3. The Hall–Kier alpha value is -1.10. The molecule has 19 heavy (non-hydrogen) atoms. The Bertz CT molecular complexity index is 361. The van der Waals surface area contributed by atoms with E-state index in [1.165, 1.54) is 5.56 Å². The summed E-state index contributed by atoms with van der Waals surface area (Å²) in [5, 5.41) is 3.56. The first-order valence-corrected chi connectivity index (χ1v) is 6.94. The maximum absolute atomic E-state index is 5.36. The maximum atomic E-state index is 5.36. The van der Waals surface area contributed by atoms with E-state index in [-0.39, 0.29) is 0 Å². The SMILES string of the molecule is COc1ccc(CNC(C)CN2CCOCC2)cc1. The number of nitrogens with one attached hydrogen (secondary N) is 1. The highest BCUT2D eigenvalue weighted by Gasteiger charge is 2.13. The van der Waals surface area contributed by atoms with Gasteiger partial charge in [0.25, 0.3) is 0 Å². The van der Waals surface area contributed by atoms with Gasteiger partial charge in [-0.25, -0.2) is 0 Å². The molecule has 1 aliphatic heterocycles. The Morgan fingerprint density at radius 3 is 2.58 bits per heavy atom. The molecule has 0 aliphatic carbocycles. The van der Waals surface area contributed by atoms with Gasteiger partial charge in [0.1, 0.15) is 5.75 Å². The van der Waals surface area contributed by atoms with Crippen LogP contribution in [0.2, 0.25) is 0 Å². The van der Waals surface area contributed by atoms with Crippen molar-refractivity contribution >= 4 is 0 Å². The minimum atomic E-state index is 0.486. The molecule has 0 spiro atoms. The Morgan fingerprint density at radius 1 is 1.26 bits per heavy atom. The Morgan fingerprint density at radius 2 is 1.95 bits per heavy atom. The lowest BCUT2D eigenvalue weighted by molar-refractivity contribution is 0.0343. The van der Waals surface area contributed by atoms with Crippen LogP contribution in [0.3, 0.4) is 0 Å². The zero-order chi connectivity index (χ0) is 13.5. The van der Waals surface area contributed by atoms with Crippen molar-refractivity contribution in [3.8, 4) is 5.75 Å². The minimum absolute atomic E-state index is 0.486. The number of hydrogen-bond donors (Lipinski definition) is 1. The van der Waals surface area contributed by atoms with E-state index in [1.807, 2.05) is 12.1 Å². The second-order valence-corrected chi connectivity index (χ2v) is 5.04. The van der Waals surface area contributed by atoms with Gasteiger partial charge in [0, 0.05) is 32.2 Å². The minimum Gasteiger partial charge on any atom is -0.497 e. The standard InChI is InChI=1S/C15H24N2O2/c1-13(12-17-7-9-19-10-8-17)16-11-14-3-5-15(18-2)6-4-14/h3-6,13,16H,7-12H2,1-2H3. The topological polar surface area (TPSA) is 33.7 Å². The molecule has 106 valence electrons. The molecule has 1 aliphatic rings. The Labute approximate surface area is 115 Å². The smallest absolute Gasteiger partial charge is 0.118 e. The molecule has 1 aromatic carbocycles. The molecule has 2 rings (SSSR count). The van der Waals surface area contributed by atoms with E-state index in [1.54, 1.807) is 7.11 Å². The first-order valence-electron chi connectivity index (χ1n) is 6.94. The van der Waals surface area contributed by atoms with Crippen molar-refractivity contribution in [1.29, 1.82) is 0 Å². The third kappa shape index (κ3) is 4.82. The number of benzene rings is 1. The van der Waals surface area contributed by atoms with E-state index in [2.05, 4.69) is 29.3 Å². The van der Waals surface area contributed by atoms with Crippen molar-refractivity contribution in [2.24, 2.45) is 0 Å². The van der Waals surface area contributed by atoms with E-state index >= 15 is 0 Å². The maximum Gasteiger partial charge on any atom is 0.118 e. The van der Waals surface area contributed by atoms with Crippen molar-refractivity contribution in [1.82, 2.24) is 10.2 Å². The molecule has 1 aromatic rings. The van der Waals surface area contributed by atoms with Gasteiger partial charge in [0.15, 0.2) is 0 Å². The fourth-order valence-electron chi connectivity index (χ4n) is 2.27. The summed E-state index contributed by atoms with van der Waals surface area (Å²) < 4.78 is 10.5. The molecule has 1 N–H and O–H groups in total. The molecular formula is C15H24N2O2. The molecule has 0 radical (unpaired) electrons. The van der Waals surface area contributed by atoms with Crippen LogP contribution in [0, 0.1) is 0 Å². The molecule has 1 unspecified atom stereocenters. The average molecular weight is 264 g/mol. The van der Waals surface area contributed by atoms with Crippen LogP contribution in [0.5, 0.6) is 5.75 Å². The largest absolute Gasteiger partial charge is 0.497 e. The summed E-state index contributed by atoms with van der Waals surface area (Å²) in [5.41, 5.74) is 1.29. The predicted octanol–water partition coefficient (Wildman–Crippen LogP) is 1.51. The van der Waals surface area contributed by atoms with Crippen LogP contribution >= 0.6 is 0 Å². The molecule has 1 heterocycles. The fourth-order valence-corrected chi connectivity index (χ4v) is 2.27. The first-order chi connectivity index (χ1) is 9.28. The fraction of sp³-hybridized carbons (Fsp3) is 0.600. The lowest BCUT2D eigenvalue weighted by Gasteiger charge is -2.29. The van der Waals surface area contributed by atoms with Crippen LogP contribution in [0.1, 0.15) is 12.5 Å². The van der Waals surface area contributed by atoms with Crippen molar-refractivity contribution in [2.45, 2.75) is 19.5 Å². The van der Waals surface area contributed by atoms with Gasteiger partial charge in [-0.05, 0) is 24.6 Å². The molecule has 0 aromatic heterocycles. The molecule has 1 atom stereocenters. The van der Waals surface area contributed by atoms with Crippen LogP contribution in [0.15, 0.2) is 24.3 Å². The lowest BCUT2D eigenvalue weighted by Crippen LogP contribution is -2.44. The molecule has 1 fully saturated rings. The number of ether oxygens (including phenoxy) is 2. The summed E-state index contributed by atoms with van der Waals surface area (Å²) in [6, 6.07) is 8.70. The van der Waals surface area contributed by atoms with Crippen LogP contribution in [0.4, 0.5) is 0 Å². The van der Waals surface area contributed by atoms with Crippen molar-refractivity contribution in [3.05, 3.63) is 29.8 Å². The van der Waals surface area contributed by atoms with Crippen molar-refractivity contribution < 1.29 is 9.47 Å². The normalized spacial score (nSPS) is 18.2. The predicted molar refractivity (Wildman–Crippen MR) is 76.6 cm³/mol. The second kappa shape index (κ2) is 7.48. The third-order valence-electron chi connectivity index (χ3n) is 3.45. The number of methoxy groups -OCH3 is 1. The Balaban J connectivity index is 1.71. The summed E-state index contributed by atoms with van der Waals surface area (Å²) in [5.74, 6) is 0.908. The number of nitrogens with zero attached hydrogens (tertiary/aromatic N) is 1. The van der Waals surface area contributed by atoms with Crippen LogP contribution in [0.25, 0.3) is 0 Å². The van der Waals surface area contributed by atoms with Crippen LogP contribution < -0.4 is 10.1 Å². The number of rotatable bonds is 6. The van der Waals surface area contributed by atoms with Gasteiger partial charge in [0.2, 0.25) is 0 Å². The summed E-state index contributed by atoms with van der Waals surface area (Å²) in [6.45, 7) is 8.05. The lowest BCUT2D eigenvalue weighted by atomic mass is 10.2. The van der Waals surface area contributed by atoms with Crippen molar-refractivity contribution in [3.63, 3.8) is 0 Å². The molecular weight excluding hydrogens is 240 g/mol. The van der Waals surface area contributed by atoms with Gasteiger partial charge in [-0.3, -0.25) is 4.90 Å². The van der Waals surface area contributed by atoms with E-state index in [0.717, 1.165) is 45.1 Å². The van der Waals surface area contributed by atoms with Crippen molar-refractivity contribution in [2.75, 3.05) is 40.0 Å². The number of morpholine rings is 1. The van der Waals surface area contributed by atoms with Crippen LogP contribution in [-0.4, -0.2) is 50.9 Å². The van der Waals surface area contributed by atoms with Gasteiger partial charge < -0.3 is 14.8 Å². The highest BCUT2D eigenvalue weighted by molar-refractivity contribution is 5.27. The highest BCUT2D eigenvalue weighted by atomic mass is 16.5. The quantitative estimate of drug-likeness (QED) is 0.844. The molecule has 4 heteroatoms. The van der Waals surface area contributed by atoms with E-state index in [4.69, 9.17) is 9.47 Å². The third-order valence-corrected chi connectivity index (χ3v) is 3.45. The summed E-state index contributed by atoms with van der Waals surface area (Å²) in [7, 11) is 1.69. The van der Waals surface area contributed by atoms with E-state index in [9.17, 15) is 0 Å². The molecule has 1 saturated heterocycles. The van der Waals surface area contributed by atoms with Gasteiger partial charge in [-0.1, -0.05) is 12.1 Å². The van der Waals surface area contributed by atoms with Gasteiger partial charge in [-0.2, -0.15) is 0 Å². The van der Waals surface area contributed by atoms with E-state index in [0.29, 0.717) is 6.04 Å². The molecule has 4 nitrogen and oxygen atoms in total. The zero-order valence-electron chi connectivity index (χ0n) is 11.9.